The molecule has 3 N–H and O–H groups in total. The molecule has 0 aromatic carbocycles. The van der Waals surface area contributed by atoms with Crippen molar-refractivity contribution in [3.05, 3.63) is 0 Å². The van der Waals surface area contributed by atoms with Crippen LogP contribution in [-0.4, -0.2) is 52.0 Å². The van der Waals surface area contributed by atoms with Gasteiger partial charge in [-0.2, -0.15) is 0 Å². The smallest absolute Gasteiger partial charge is 0.333 e. The number of ether oxygens (including phenoxy) is 1. The van der Waals surface area contributed by atoms with Crippen LogP contribution < -0.4 is 0 Å². The molecule has 21 heavy (non-hydrogen) atoms. The third-order valence-electron chi connectivity index (χ3n) is 3.18. The van der Waals surface area contributed by atoms with Gasteiger partial charge in [0.1, 0.15) is 0 Å². The van der Waals surface area contributed by atoms with Crippen LogP contribution in [0.15, 0.2) is 0 Å². The van der Waals surface area contributed by atoms with Crippen LogP contribution in [0.1, 0.15) is 38.5 Å². The summed E-state index contributed by atoms with van der Waals surface area (Å²) >= 11 is 0. The van der Waals surface area contributed by atoms with Crippen LogP contribution in [0.3, 0.4) is 0 Å². The molecule has 1 rings (SSSR count). The third-order valence-corrected chi connectivity index (χ3v) is 4.64. The van der Waals surface area contributed by atoms with Gasteiger partial charge in [0.15, 0.2) is 6.10 Å². The van der Waals surface area contributed by atoms with E-state index in [1.807, 2.05) is 0 Å². The Bertz CT molecular complexity index is 404. The van der Waals surface area contributed by atoms with Crippen molar-refractivity contribution < 1.29 is 38.5 Å². The third kappa shape index (κ3) is 7.57. The van der Waals surface area contributed by atoms with Gasteiger partial charge in [-0.3, -0.25) is 13.9 Å². The van der Waals surface area contributed by atoms with Crippen LogP contribution in [0.5, 0.6) is 0 Å². The minimum Gasteiger partial charge on any atom is -0.481 e. The molecule has 0 saturated carbocycles. The lowest BCUT2D eigenvalue weighted by Crippen LogP contribution is -2.24. The number of hydrogen-bond acceptors (Lipinski definition) is 5. The van der Waals surface area contributed by atoms with Crippen molar-refractivity contribution >= 4 is 19.5 Å². The summed E-state index contributed by atoms with van der Waals surface area (Å²) in [6, 6.07) is 0. The van der Waals surface area contributed by atoms with Crippen LogP contribution in [0.4, 0.5) is 0 Å². The second-order valence-electron chi connectivity index (χ2n) is 5.00. The Morgan fingerprint density at radius 2 is 2.10 bits per heavy atom. The van der Waals surface area contributed by atoms with Crippen LogP contribution >= 0.6 is 7.60 Å². The fraction of sp³-hybridized carbons (Fsp3) is 0.833. The number of carboxylic acid groups (broad SMARTS) is 2. The van der Waals surface area contributed by atoms with Gasteiger partial charge in [-0.1, -0.05) is 0 Å². The second kappa shape index (κ2) is 8.48. The summed E-state index contributed by atoms with van der Waals surface area (Å²) in [5, 5.41) is 17.4. The van der Waals surface area contributed by atoms with Crippen LogP contribution in [0.2, 0.25) is 0 Å². The van der Waals surface area contributed by atoms with Crippen molar-refractivity contribution in [1.82, 2.24) is 0 Å². The van der Waals surface area contributed by atoms with Gasteiger partial charge < -0.3 is 19.8 Å². The first-order chi connectivity index (χ1) is 9.80. The van der Waals surface area contributed by atoms with Crippen LogP contribution in [0, 0.1) is 0 Å². The van der Waals surface area contributed by atoms with Gasteiger partial charge in [-0.05, 0) is 32.1 Å². The van der Waals surface area contributed by atoms with Crippen LogP contribution in [0.25, 0.3) is 0 Å². The predicted molar refractivity (Wildman–Crippen MR) is 72.3 cm³/mol. The van der Waals surface area contributed by atoms with Gasteiger partial charge in [-0.15, -0.1) is 0 Å². The van der Waals surface area contributed by atoms with E-state index in [2.05, 4.69) is 0 Å². The fourth-order valence-corrected chi connectivity index (χ4v) is 3.40. The molecule has 9 heteroatoms. The average Bonchev–Trinajstić information content (AvgIpc) is 2.86. The largest absolute Gasteiger partial charge is 0.481 e. The summed E-state index contributed by atoms with van der Waals surface area (Å²) in [6.45, 7) is 0.703. The lowest BCUT2D eigenvalue weighted by atomic mass is 10.1. The van der Waals surface area contributed by atoms with Gasteiger partial charge in [0, 0.05) is 13.0 Å². The van der Waals surface area contributed by atoms with Crippen molar-refractivity contribution in [2.24, 2.45) is 0 Å². The summed E-state index contributed by atoms with van der Waals surface area (Å²) in [7, 11) is -4.05. The van der Waals surface area contributed by atoms with Crippen molar-refractivity contribution in [3.63, 3.8) is 0 Å². The molecule has 1 aliphatic rings. The summed E-state index contributed by atoms with van der Waals surface area (Å²) in [4.78, 5) is 31.0. The molecule has 0 amide bonds. The first-order valence-electron chi connectivity index (χ1n) is 6.86. The quantitative estimate of drug-likeness (QED) is 0.515. The Hall–Kier alpha value is -0.950. The minimum atomic E-state index is -4.05. The monoisotopic (exact) mass is 324 g/mol. The summed E-state index contributed by atoms with van der Waals surface area (Å²) in [5.74, 6) is -2.62. The van der Waals surface area contributed by atoms with E-state index in [0.717, 1.165) is 12.8 Å². The van der Waals surface area contributed by atoms with E-state index < -0.39 is 32.1 Å². The Kier molecular flexibility index (Phi) is 7.31. The topological polar surface area (TPSA) is 130 Å². The van der Waals surface area contributed by atoms with E-state index in [1.54, 1.807) is 0 Å². The number of carbonyl (C=O) groups is 2. The van der Waals surface area contributed by atoms with E-state index in [1.165, 1.54) is 0 Å². The summed E-state index contributed by atoms with van der Waals surface area (Å²) in [6.07, 6.45) is 0.482. The molecular formula is C12H21O8P. The molecule has 3 atom stereocenters. The summed E-state index contributed by atoms with van der Waals surface area (Å²) < 4.78 is 21.9. The molecule has 1 fully saturated rings. The lowest BCUT2D eigenvalue weighted by Gasteiger charge is -2.18. The molecule has 8 nitrogen and oxygen atoms in total. The minimum absolute atomic E-state index is 0.0901. The Labute approximate surface area is 122 Å². The highest BCUT2D eigenvalue weighted by atomic mass is 31.2. The SMILES string of the molecule is O=C(O)CCC(OP(=O)(O)CCCC1CCCO1)C(=O)O. The molecule has 3 unspecified atom stereocenters. The maximum atomic E-state index is 11.8. The molecule has 0 aliphatic carbocycles. The molecular weight excluding hydrogens is 303 g/mol. The molecule has 1 saturated heterocycles. The second-order valence-corrected chi connectivity index (χ2v) is 6.94. The maximum absolute atomic E-state index is 11.8. The van der Waals surface area contributed by atoms with E-state index >= 15 is 0 Å². The fourth-order valence-electron chi connectivity index (χ4n) is 2.12. The Balaban J connectivity index is 2.37. The Morgan fingerprint density at radius 1 is 1.38 bits per heavy atom. The number of hydrogen-bond donors (Lipinski definition) is 3. The normalized spacial score (nSPS) is 22.6. The molecule has 0 radical (unpaired) electrons. The molecule has 122 valence electrons. The number of rotatable bonds is 10. The zero-order chi connectivity index (χ0) is 15.9. The van der Waals surface area contributed by atoms with Crippen molar-refractivity contribution in [1.29, 1.82) is 0 Å². The molecule has 1 aliphatic heterocycles. The van der Waals surface area contributed by atoms with E-state index in [4.69, 9.17) is 19.5 Å². The number of carboxylic acids is 2. The maximum Gasteiger partial charge on any atom is 0.333 e. The number of aliphatic carboxylic acids is 2. The van der Waals surface area contributed by atoms with E-state index in [0.29, 0.717) is 19.4 Å². The molecule has 0 bridgehead atoms. The molecule has 0 spiro atoms. The predicted octanol–water partition coefficient (Wildman–Crippen LogP) is 1.47. The zero-order valence-corrected chi connectivity index (χ0v) is 12.5. The van der Waals surface area contributed by atoms with Gasteiger partial charge in [0.2, 0.25) is 0 Å². The van der Waals surface area contributed by atoms with Gasteiger partial charge in [-0.25, -0.2) is 4.79 Å². The van der Waals surface area contributed by atoms with E-state index in [9.17, 15) is 19.0 Å². The highest BCUT2D eigenvalue weighted by Gasteiger charge is 2.30. The molecule has 0 aromatic heterocycles. The first kappa shape index (κ1) is 18.1. The van der Waals surface area contributed by atoms with Gasteiger partial charge >= 0.3 is 19.5 Å². The zero-order valence-electron chi connectivity index (χ0n) is 11.6. The standard InChI is InChI=1S/C12H21O8P/c13-11(14)6-5-10(12(15)16)20-21(17,18)8-2-4-9-3-1-7-19-9/h9-10H,1-8H2,(H,13,14)(H,15,16)(H,17,18). The van der Waals surface area contributed by atoms with Crippen molar-refractivity contribution in [3.8, 4) is 0 Å². The van der Waals surface area contributed by atoms with Crippen molar-refractivity contribution in [2.75, 3.05) is 12.8 Å². The van der Waals surface area contributed by atoms with Gasteiger partial charge in [0.05, 0.1) is 12.3 Å². The molecule has 0 aromatic rings. The van der Waals surface area contributed by atoms with Gasteiger partial charge in [0.25, 0.3) is 0 Å². The average molecular weight is 324 g/mol. The molecule has 1 heterocycles. The van der Waals surface area contributed by atoms with Crippen LogP contribution in [-0.2, 0) is 23.4 Å². The Morgan fingerprint density at radius 3 is 2.62 bits per heavy atom. The first-order valence-corrected chi connectivity index (χ1v) is 8.63. The highest BCUT2D eigenvalue weighted by Crippen LogP contribution is 2.45. The van der Waals surface area contributed by atoms with E-state index in [-0.39, 0.29) is 18.7 Å². The van der Waals surface area contributed by atoms with Crippen molar-refractivity contribution in [2.45, 2.75) is 50.7 Å². The summed E-state index contributed by atoms with van der Waals surface area (Å²) in [5.41, 5.74) is 0. The lowest BCUT2D eigenvalue weighted by molar-refractivity contribution is -0.146. The highest BCUT2D eigenvalue weighted by molar-refractivity contribution is 7.52.